The van der Waals surface area contributed by atoms with Crippen molar-refractivity contribution < 1.29 is 14.3 Å². The van der Waals surface area contributed by atoms with E-state index in [0.29, 0.717) is 64.1 Å². The fourth-order valence-electron chi connectivity index (χ4n) is 3.46. The van der Waals surface area contributed by atoms with Crippen LogP contribution in [0.1, 0.15) is 5.56 Å². The predicted octanol–water partition coefficient (Wildman–Crippen LogP) is 0.297. The quantitative estimate of drug-likeness (QED) is 0.544. The van der Waals surface area contributed by atoms with Crippen LogP contribution in [-0.2, 0) is 14.3 Å². The Kier molecular flexibility index (Phi) is 5.55. The molecule has 4 rings (SSSR count). The molecule has 2 aromatic heterocycles. The van der Waals surface area contributed by atoms with E-state index in [2.05, 4.69) is 4.98 Å². The average Bonchev–Trinajstić information content (AvgIpc) is 2.79. The second-order valence-electron chi connectivity index (χ2n) is 6.76. The monoisotopic (exact) mass is 395 g/mol. The maximum absolute atomic E-state index is 13.2. The largest absolute Gasteiger partial charge is 0.378 e. The van der Waals surface area contributed by atoms with E-state index < -0.39 is 5.91 Å². The smallest absolute Gasteiger partial charge is 0.267 e. The summed E-state index contributed by atoms with van der Waals surface area (Å²) >= 11 is 0. The van der Waals surface area contributed by atoms with Gasteiger partial charge in [0, 0.05) is 32.4 Å². The Morgan fingerprint density at radius 2 is 1.79 bits per heavy atom. The third kappa shape index (κ3) is 3.85. The van der Waals surface area contributed by atoms with Crippen LogP contribution in [0, 0.1) is 11.3 Å². The Morgan fingerprint density at radius 1 is 1.10 bits per heavy atom. The molecule has 0 spiro atoms. The van der Waals surface area contributed by atoms with Gasteiger partial charge in [0.05, 0.1) is 32.0 Å². The van der Waals surface area contributed by atoms with Gasteiger partial charge in [-0.3, -0.25) is 14.0 Å². The maximum atomic E-state index is 13.2. The number of rotatable bonds is 3. The van der Waals surface area contributed by atoms with Crippen LogP contribution in [0.2, 0.25) is 0 Å². The summed E-state index contributed by atoms with van der Waals surface area (Å²) in [4.78, 5) is 34.2. The van der Waals surface area contributed by atoms with Crippen LogP contribution in [0.5, 0.6) is 0 Å². The van der Waals surface area contributed by atoms with Crippen LogP contribution in [0.15, 0.2) is 34.8 Å². The third-order valence-electron chi connectivity index (χ3n) is 5.00. The number of morpholine rings is 2. The first kappa shape index (κ1) is 19.1. The molecule has 2 aliphatic rings. The Balaban J connectivity index is 1.82. The molecule has 9 nitrogen and oxygen atoms in total. The molecule has 150 valence electrons. The molecule has 4 heterocycles. The summed E-state index contributed by atoms with van der Waals surface area (Å²) in [5.41, 5.74) is 0.332. The first-order valence-electron chi connectivity index (χ1n) is 9.52. The zero-order valence-corrected chi connectivity index (χ0v) is 15.9. The number of ether oxygens (including phenoxy) is 2. The third-order valence-corrected chi connectivity index (χ3v) is 5.00. The van der Waals surface area contributed by atoms with E-state index in [9.17, 15) is 14.9 Å². The Bertz CT molecular complexity index is 1040. The molecule has 0 unspecified atom stereocenters. The van der Waals surface area contributed by atoms with Crippen molar-refractivity contribution in [3.8, 4) is 6.07 Å². The molecule has 0 atom stereocenters. The van der Waals surface area contributed by atoms with E-state index in [1.165, 1.54) is 10.5 Å². The summed E-state index contributed by atoms with van der Waals surface area (Å²) in [6.07, 6.45) is 3.00. The summed E-state index contributed by atoms with van der Waals surface area (Å²) in [5, 5.41) is 9.63. The van der Waals surface area contributed by atoms with Gasteiger partial charge in [0.15, 0.2) is 0 Å². The average molecular weight is 395 g/mol. The van der Waals surface area contributed by atoms with Crippen LogP contribution in [-0.4, -0.2) is 72.8 Å². The SMILES string of the molecule is N#CC(=Cc1c(N2CCOCC2)nc2ccccn2c1=O)C(=O)N1CCOCC1. The molecule has 2 aromatic rings. The van der Waals surface area contributed by atoms with Crippen LogP contribution < -0.4 is 10.5 Å². The van der Waals surface area contributed by atoms with Gasteiger partial charge in [-0.2, -0.15) is 5.26 Å². The number of hydrogen-bond acceptors (Lipinski definition) is 7. The zero-order chi connectivity index (χ0) is 20.2. The van der Waals surface area contributed by atoms with Crippen molar-refractivity contribution in [1.82, 2.24) is 14.3 Å². The highest BCUT2D eigenvalue weighted by Gasteiger charge is 2.24. The summed E-state index contributed by atoms with van der Waals surface area (Å²) in [7, 11) is 0. The lowest BCUT2D eigenvalue weighted by Crippen LogP contribution is -2.41. The maximum Gasteiger partial charge on any atom is 0.267 e. The summed E-state index contributed by atoms with van der Waals surface area (Å²) < 4.78 is 12.1. The van der Waals surface area contributed by atoms with Crippen LogP contribution in [0.25, 0.3) is 11.7 Å². The standard InChI is InChI=1S/C20H21N5O4/c21-14-15(19(26)24-7-11-29-12-8-24)13-16-18(23-5-9-28-10-6-23)22-17-3-1-2-4-25(17)20(16)27/h1-4,13H,5-12H2. The number of carbonyl (C=O) groups excluding carboxylic acids is 1. The number of pyridine rings is 1. The van der Waals surface area contributed by atoms with Crippen LogP contribution >= 0.6 is 0 Å². The van der Waals surface area contributed by atoms with Crippen molar-refractivity contribution in [3.05, 3.63) is 45.9 Å². The zero-order valence-electron chi connectivity index (χ0n) is 15.9. The lowest BCUT2D eigenvalue weighted by molar-refractivity contribution is -0.130. The molecule has 0 aromatic carbocycles. The molecular formula is C20H21N5O4. The topological polar surface area (TPSA) is 100 Å². The molecule has 0 N–H and O–H groups in total. The summed E-state index contributed by atoms with van der Waals surface area (Å²) in [6, 6.07) is 7.26. The lowest BCUT2D eigenvalue weighted by atomic mass is 10.1. The molecule has 0 aliphatic carbocycles. The van der Waals surface area contributed by atoms with Crippen molar-refractivity contribution in [2.75, 3.05) is 57.5 Å². The van der Waals surface area contributed by atoms with E-state index in [1.54, 1.807) is 23.2 Å². The number of nitrogens with zero attached hydrogens (tertiary/aromatic N) is 5. The molecule has 0 saturated carbocycles. The van der Waals surface area contributed by atoms with Gasteiger partial charge >= 0.3 is 0 Å². The minimum atomic E-state index is -0.402. The highest BCUT2D eigenvalue weighted by Crippen LogP contribution is 2.21. The van der Waals surface area contributed by atoms with Gasteiger partial charge in [-0.15, -0.1) is 0 Å². The van der Waals surface area contributed by atoms with Gasteiger partial charge in [0.2, 0.25) is 0 Å². The molecular weight excluding hydrogens is 374 g/mol. The molecule has 1 amide bonds. The fourth-order valence-corrected chi connectivity index (χ4v) is 3.46. The molecule has 2 fully saturated rings. The lowest BCUT2D eigenvalue weighted by Gasteiger charge is -2.29. The second kappa shape index (κ2) is 8.43. The fraction of sp³-hybridized carbons (Fsp3) is 0.400. The first-order chi connectivity index (χ1) is 14.2. The number of amides is 1. The normalized spacial score (nSPS) is 18.0. The molecule has 9 heteroatoms. The Morgan fingerprint density at radius 3 is 2.48 bits per heavy atom. The van der Waals surface area contributed by atoms with Crippen molar-refractivity contribution in [1.29, 1.82) is 5.26 Å². The van der Waals surface area contributed by atoms with Gasteiger partial charge < -0.3 is 19.3 Å². The Labute approximate surface area is 167 Å². The van der Waals surface area contributed by atoms with Crippen LogP contribution in [0.4, 0.5) is 5.82 Å². The van der Waals surface area contributed by atoms with Crippen molar-refractivity contribution >= 4 is 23.4 Å². The Hall–Kier alpha value is -3.22. The van der Waals surface area contributed by atoms with E-state index >= 15 is 0 Å². The second-order valence-corrected chi connectivity index (χ2v) is 6.76. The number of anilines is 1. The van der Waals surface area contributed by atoms with Gasteiger partial charge in [0.25, 0.3) is 11.5 Å². The minimum absolute atomic E-state index is 0.0869. The molecule has 0 radical (unpaired) electrons. The predicted molar refractivity (Wildman–Crippen MR) is 105 cm³/mol. The number of fused-ring (bicyclic) bond motifs is 1. The molecule has 2 aliphatic heterocycles. The minimum Gasteiger partial charge on any atom is -0.378 e. The molecule has 0 bridgehead atoms. The van der Waals surface area contributed by atoms with Crippen molar-refractivity contribution in [3.63, 3.8) is 0 Å². The number of nitriles is 1. The van der Waals surface area contributed by atoms with Gasteiger partial charge in [-0.05, 0) is 18.2 Å². The van der Waals surface area contributed by atoms with E-state index in [1.807, 2.05) is 17.0 Å². The van der Waals surface area contributed by atoms with Gasteiger partial charge in [0.1, 0.15) is 23.1 Å². The summed E-state index contributed by atoms with van der Waals surface area (Å²) in [5.74, 6) is 0.0633. The molecule has 2 saturated heterocycles. The van der Waals surface area contributed by atoms with E-state index in [0.717, 1.165) is 0 Å². The first-order valence-corrected chi connectivity index (χ1v) is 9.52. The highest BCUT2D eigenvalue weighted by atomic mass is 16.5. The van der Waals surface area contributed by atoms with Crippen molar-refractivity contribution in [2.24, 2.45) is 0 Å². The summed E-state index contributed by atoms with van der Waals surface area (Å²) in [6.45, 7) is 3.92. The number of hydrogen-bond donors (Lipinski definition) is 0. The van der Waals surface area contributed by atoms with E-state index in [-0.39, 0.29) is 16.7 Å². The number of aromatic nitrogens is 2. The molecule has 29 heavy (non-hydrogen) atoms. The van der Waals surface area contributed by atoms with E-state index in [4.69, 9.17) is 9.47 Å². The van der Waals surface area contributed by atoms with Gasteiger partial charge in [-0.25, -0.2) is 4.98 Å². The highest BCUT2D eigenvalue weighted by molar-refractivity contribution is 6.02. The van der Waals surface area contributed by atoms with Crippen LogP contribution in [0.3, 0.4) is 0 Å². The van der Waals surface area contributed by atoms with Crippen molar-refractivity contribution in [2.45, 2.75) is 0 Å². The number of carbonyl (C=O) groups is 1. The van der Waals surface area contributed by atoms with Gasteiger partial charge in [-0.1, -0.05) is 6.07 Å².